The number of halogens is 2. The lowest BCUT2D eigenvalue weighted by molar-refractivity contribution is -0.131. The van der Waals surface area contributed by atoms with Gasteiger partial charge in [-0.25, -0.2) is 8.78 Å². The molecule has 2 amide bonds. The number of hydrogen-bond donors (Lipinski definition) is 1. The zero-order valence-corrected chi connectivity index (χ0v) is 21.7. The van der Waals surface area contributed by atoms with Crippen LogP contribution in [-0.2, 0) is 16.1 Å². The number of ether oxygens (including phenoxy) is 1. The van der Waals surface area contributed by atoms with Crippen LogP contribution in [0.3, 0.4) is 0 Å². The highest BCUT2D eigenvalue weighted by Gasteiger charge is 2.47. The normalized spacial score (nSPS) is 19.1. The first-order valence-corrected chi connectivity index (χ1v) is 13.0. The fraction of sp³-hybridized carbons (Fsp3) is 0.345. The van der Waals surface area contributed by atoms with Crippen molar-refractivity contribution in [2.75, 3.05) is 39.4 Å². The summed E-state index contributed by atoms with van der Waals surface area (Å²) in [5.74, 6) is -4.39. The van der Waals surface area contributed by atoms with Crippen LogP contribution in [0.15, 0.2) is 48.8 Å². The van der Waals surface area contributed by atoms with Gasteiger partial charge in [0.2, 0.25) is 5.91 Å². The number of benzene rings is 1. The molecule has 40 heavy (non-hydrogen) atoms. The van der Waals surface area contributed by atoms with E-state index in [9.17, 15) is 18.4 Å². The summed E-state index contributed by atoms with van der Waals surface area (Å²) >= 11 is 0. The van der Waals surface area contributed by atoms with Crippen LogP contribution in [0.5, 0.6) is 0 Å². The van der Waals surface area contributed by atoms with Gasteiger partial charge in [0.25, 0.3) is 11.8 Å². The number of carbonyl (C=O) groups is 2. The van der Waals surface area contributed by atoms with Crippen LogP contribution >= 0.6 is 0 Å². The molecular weight excluding hydrogens is 518 g/mol. The number of nitriles is 1. The summed E-state index contributed by atoms with van der Waals surface area (Å²) in [5, 5.41) is 12.2. The fourth-order valence-electron chi connectivity index (χ4n) is 4.82. The summed E-state index contributed by atoms with van der Waals surface area (Å²) in [4.78, 5) is 37.5. The summed E-state index contributed by atoms with van der Waals surface area (Å²) in [6.45, 7) is 2.74. The molecule has 5 rings (SSSR count). The first kappa shape index (κ1) is 27.3. The number of alkyl halides is 2. The van der Waals surface area contributed by atoms with Crippen LogP contribution in [0.1, 0.15) is 33.6 Å². The predicted molar refractivity (Wildman–Crippen MR) is 144 cm³/mol. The lowest BCUT2D eigenvalue weighted by Gasteiger charge is -2.26. The Hall–Kier alpha value is -4.27. The van der Waals surface area contributed by atoms with E-state index in [4.69, 9.17) is 10.00 Å². The Morgan fingerprint density at radius 1 is 1.12 bits per heavy atom. The van der Waals surface area contributed by atoms with E-state index in [-0.39, 0.29) is 0 Å². The molecule has 1 unspecified atom stereocenters. The first-order chi connectivity index (χ1) is 19.3. The second-order valence-corrected chi connectivity index (χ2v) is 9.85. The van der Waals surface area contributed by atoms with Crippen molar-refractivity contribution in [3.05, 3.63) is 71.2 Å². The van der Waals surface area contributed by atoms with E-state index in [0.29, 0.717) is 16.5 Å². The minimum atomic E-state index is -3.12. The second kappa shape index (κ2) is 11.9. The molecule has 0 saturated carbocycles. The molecule has 2 saturated heterocycles. The van der Waals surface area contributed by atoms with Crippen molar-refractivity contribution in [1.29, 1.82) is 5.26 Å². The minimum absolute atomic E-state index is 0.297. The van der Waals surface area contributed by atoms with E-state index in [1.807, 2.05) is 42.6 Å². The third kappa shape index (κ3) is 6.47. The van der Waals surface area contributed by atoms with Crippen LogP contribution in [0.4, 0.5) is 8.78 Å². The average Bonchev–Trinajstić information content (AvgIpc) is 3.30. The molecule has 206 valence electrons. The van der Waals surface area contributed by atoms with E-state index in [1.165, 1.54) is 12.3 Å². The summed E-state index contributed by atoms with van der Waals surface area (Å²) in [5.41, 5.74) is 3.64. The molecule has 2 fully saturated rings. The van der Waals surface area contributed by atoms with Crippen molar-refractivity contribution in [3.63, 3.8) is 0 Å². The minimum Gasteiger partial charge on any atom is -0.379 e. The third-order valence-corrected chi connectivity index (χ3v) is 6.95. The fourth-order valence-corrected chi connectivity index (χ4v) is 4.82. The molecule has 0 spiro atoms. The molecule has 0 bridgehead atoms. The number of morpholine rings is 1. The molecule has 1 aromatic carbocycles. The smallest absolute Gasteiger partial charge is 0.268 e. The molecule has 2 aliphatic rings. The number of hydrogen-bond acceptors (Lipinski definition) is 7. The summed E-state index contributed by atoms with van der Waals surface area (Å²) in [6.07, 6.45) is 6.44. The average molecular weight is 547 g/mol. The lowest BCUT2D eigenvalue weighted by Crippen LogP contribution is -2.43. The molecule has 0 radical (unpaired) electrons. The Morgan fingerprint density at radius 2 is 1.90 bits per heavy atom. The highest BCUT2D eigenvalue weighted by atomic mass is 19.3. The van der Waals surface area contributed by atoms with Gasteiger partial charge >= 0.3 is 0 Å². The van der Waals surface area contributed by atoms with Crippen LogP contribution in [0.2, 0.25) is 0 Å². The van der Waals surface area contributed by atoms with Gasteiger partial charge in [0.1, 0.15) is 6.04 Å². The van der Waals surface area contributed by atoms with Gasteiger partial charge in [-0.15, -0.1) is 0 Å². The zero-order valence-electron chi connectivity index (χ0n) is 21.7. The van der Waals surface area contributed by atoms with Gasteiger partial charge in [0.15, 0.2) is 0 Å². The Kier molecular flexibility index (Phi) is 8.09. The number of amides is 2. The highest BCUT2D eigenvalue weighted by Crippen LogP contribution is 2.31. The van der Waals surface area contributed by atoms with Crippen LogP contribution in [-0.4, -0.2) is 82.9 Å². The molecule has 3 aromatic rings. The highest BCUT2D eigenvalue weighted by molar-refractivity contribution is 6.07. The summed E-state index contributed by atoms with van der Waals surface area (Å²) < 4.78 is 32.8. The van der Waals surface area contributed by atoms with Crippen molar-refractivity contribution < 1.29 is 23.1 Å². The number of nitrogens with zero attached hydrogens (tertiary/aromatic N) is 5. The number of likely N-dealkylation sites (tertiary alicyclic amines) is 1. The van der Waals surface area contributed by atoms with Crippen molar-refractivity contribution in [2.24, 2.45) is 0 Å². The molecule has 9 nitrogen and oxygen atoms in total. The third-order valence-electron chi connectivity index (χ3n) is 6.95. The lowest BCUT2D eigenvalue weighted by atomic mass is 10.0. The van der Waals surface area contributed by atoms with E-state index < -0.39 is 43.3 Å². The van der Waals surface area contributed by atoms with Crippen LogP contribution in [0, 0.1) is 11.3 Å². The number of nitrogens with one attached hydrogen (secondary N) is 1. The van der Waals surface area contributed by atoms with Crippen molar-refractivity contribution in [2.45, 2.75) is 24.9 Å². The second-order valence-electron chi connectivity index (χ2n) is 9.85. The monoisotopic (exact) mass is 546 g/mol. The van der Waals surface area contributed by atoms with E-state index in [2.05, 4.69) is 20.2 Å². The first-order valence-electron chi connectivity index (χ1n) is 13.0. The predicted octanol–water partition coefficient (Wildman–Crippen LogP) is 3.12. The maximum absolute atomic E-state index is 13.7. The molecule has 4 heterocycles. The SMILES string of the molecule is N#CC1CC(F)(F)CN1C(=O)CNC(=O)c1ccnc2ccc(/C=C/c3ccc(CN4CCOCC4)nc3)cc12. The number of pyridine rings is 2. The number of carbonyl (C=O) groups excluding carboxylic acids is 2. The molecule has 11 heteroatoms. The molecular formula is C29H28F2N6O3. The molecule has 2 aliphatic heterocycles. The van der Waals surface area contributed by atoms with Crippen molar-refractivity contribution in [3.8, 4) is 6.07 Å². The van der Waals surface area contributed by atoms with Gasteiger partial charge in [-0.05, 0) is 35.4 Å². The Balaban J connectivity index is 1.25. The van der Waals surface area contributed by atoms with Crippen molar-refractivity contribution in [1.82, 2.24) is 25.1 Å². The zero-order chi connectivity index (χ0) is 28.1. The Bertz CT molecular complexity index is 1460. The number of rotatable bonds is 7. The summed E-state index contributed by atoms with van der Waals surface area (Å²) in [7, 11) is 0. The number of fused-ring (bicyclic) bond motifs is 1. The van der Waals surface area contributed by atoms with Gasteiger partial charge in [-0.3, -0.25) is 24.5 Å². The summed E-state index contributed by atoms with van der Waals surface area (Å²) in [6, 6.07) is 11.6. The quantitative estimate of drug-likeness (QED) is 0.485. The maximum atomic E-state index is 13.7. The van der Waals surface area contributed by atoms with Gasteiger partial charge in [-0.2, -0.15) is 5.26 Å². The molecule has 2 aromatic heterocycles. The number of aromatic nitrogens is 2. The van der Waals surface area contributed by atoms with Crippen molar-refractivity contribution >= 4 is 34.9 Å². The van der Waals surface area contributed by atoms with E-state index in [1.54, 1.807) is 12.1 Å². The van der Waals surface area contributed by atoms with Gasteiger partial charge in [0, 0.05) is 43.8 Å². The Labute approximate surface area is 230 Å². The van der Waals surface area contributed by atoms with Gasteiger partial charge < -0.3 is 15.0 Å². The van der Waals surface area contributed by atoms with Crippen LogP contribution < -0.4 is 5.32 Å². The van der Waals surface area contributed by atoms with E-state index in [0.717, 1.165) is 54.6 Å². The molecule has 1 N–H and O–H groups in total. The van der Waals surface area contributed by atoms with Crippen LogP contribution in [0.25, 0.3) is 23.1 Å². The molecule has 1 atom stereocenters. The largest absolute Gasteiger partial charge is 0.379 e. The van der Waals surface area contributed by atoms with Gasteiger partial charge in [0.05, 0.1) is 49.1 Å². The van der Waals surface area contributed by atoms with Gasteiger partial charge in [-0.1, -0.05) is 24.3 Å². The standard InChI is InChI=1S/C29H28F2N6O3/c30-29(31)14-23(15-32)37(19-29)27(38)17-35-28(39)24-7-8-33-26-6-4-20(13-25(24)26)1-2-21-3-5-22(34-16-21)18-36-9-11-40-12-10-36/h1-8,13,16,23H,9-12,14,17-19H2,(H,35,39)/b2-1+. The topological polar surface area (TPSA) is 111 Å². The maximum Gasteiger partial charge on any atom is 0.268 e. The molecule has 0 aliphatic carbocycles. The Morgan fingerprint density at radius 3 is 2.65 bits per heavy atom. The van der Waals surface area contributed by atoms with E-state index >= 15 is 0 Å².